The zero-order valence-electron chi connectivity index (χ0n) is 12.0. The van der Waals surface area contributed by atoms with Crippen molar-refractivity contribution >= 4 is 35.0 Å². The molecule has 1 N–H and O–H groups in total. The van der Waals surface area contributed by atoms with Gasteiger partial charge in [-0.1, -0.05) is 6.07 Å². The summed E-state index contributed by atoms with van der Waals surface area (Å²) >= 11 is 3.38. The molecule has 1 unspecified atom stereocenters. The lowest BCUT2D eigenvalue weighted by molar-refractivity contribution is -0.137. The minimum absolute atomic E-state index is 0.191. The largest absolute Gasteiger partial charge is 0.481 e. The minimum Gasteiger partial charge on any atom is -0.481 e. The van der Waals surface area contributed by atoms with Crippen LogP contribution in [0.5, 0.6) is 0 Å². The van der Waals surface area contributed by atoms with E-state index < -0.39 is 5.97 Å². The Bertz CT molecular complexity index is 461. The second-order valence-corrected chi connectivity index (χ2v) is 7.37. The Morgan fingerprint density at radius 2 is 2.33 bits per heavy atom. The van der Waals surface area contributed by atoms with Gasteiger partial charge in [-0.25, -0.2) is 0 Å². The second-order valence-electron chi connectivity index (χ2n) is 5.35. The molecule has 6 heteroatoms. The first kappa shape index (κ1) is 16.4. The van der Waals surface area contributed by atoms with Gasteiger partial charge in [-0.15, -0.1) is 23.1 Å². The maximum Gasteiger partial charge on any atom is 0.303 e. The quantitative estimate of drug-likeness (QED) is 0.836. The van der Waals surface area contributed by atoms with Gasteiger partial charge in [0.15, 0.2) is 0 Å². The van der Waals surface area contributed by atoms with Crippen LogP contribution in [-0.2, 0) is 15.3 Å². The van der Waals surface area contributed by atoms with E-state index in [9.17, 15) is 9.59 Å². The number of likely N-dealkylation sites (tertiary alicyclic amines) is 1. The number of carboxylic acid groups (broad SMARTS) is 1. The minimum atomic E-state index is -0.745. The predicted molar refractivity (Wildman–Crippen MR) is 86.7 cm³/mol. The monoisotopic (exact) mass is 327 g/mol. The topological polar surface area (TPSA) is 57.6 Å². The Balaban J connectivity index is 1.70. The molecule has 0 saturated carbocycles. The number of carbonyl (C=O) groups is 2. The molecule has 0 spiro atoms. The van der Waals surface area contributed by atoms with Gasteiger partial charge in [-0.2, -0.15) is 0 Å². The van der Waals surface area contributed by atoms with E-state index in [1.165, 1.54) is 4.88 Å². The van der Waals surface area contributed by atoms with Crippen LogP contribution >= 0.6 is 23.1 Å². The van der Waals surface area contributed by atoms with E-state index >= 15 is 0 Å². The van der Waals surface area contributed by atoms with Gasteiger partial charge in [0.05, 0.1) is 5.75 Å². The molecule has 116 valence electrons. The molecular weight excluding hydrogens is 306 g/mol. The normalized spacial score (nSPS) is 18.7. The van der Waals surface area contributed by atoms with Crippen LogP contribution in [0.1, 0.15) is 30.6 Å². The molecule has 2 rings (SSSR count). The Labute approximate surface area is 133 Å². The summed E-state index contributed by atoms with van der Waals surface area (Å²) in [6, 6.07) is 4.12. The van der Waals surface area contributed by atoms with Crippen LogP contribution in [0.15, 0.2) is 17.5 Å². The highest BCUT2D eigenvalue weighted by Gasteiger charge is 2.23. The number of nitrogens with zero attached hydrogens (tertiary/aromatic N) is 1. The predicted octanol–water partition coefficient (Wildman–Crippen LogP) is 3.08. The van der Waals surface area contributed by atoms with E-state index in [0.29, 0.717) is 18.1 Å². The summed E-state index contributed by atoms with van der Waals surface area (Å²) < 4.78 is 0. The van der Waals surface area contributed by atoms with Crippen LogP contribution in [0.3, 0.4) is 0 Å². The molecule has 2 heterocycles. The lowest BCUT2D eigenvalue weighted by Crippen LogP contribution is -2.41. The third-order valence-corrected chi connectivity index (χ3v) is 5.71. The number of carboxylic acids is 1. The van der Waals surface area contributed by atoms with Gasteiger partial charge in [0.25, 0.3) is 0 Å². The van der Waals surface area contributed by atoms with Crippen molar-refractivity contribution in [1.82, 2.24) is 4.90 Å². The second kappa shape index (κ2) is 8.44. The van der Waals surface area contributed by atoms with Crippen molar-refractivity contribution in [1.29, 1.82) is 0 Å². The zero-order valence-corrected chi connectivity index (χ0v) is 13.6. The van der Waals surface area contributed by atoms with Crippen molar-refractivity contribution < 1.29 is 14.7 Å². The van der Waals surface area contributed by atoms with E-state index in [-0.39, 0.29) is 12.3 Å². The summed E-state index contributed by atoms with van der Waals surface area (Å²) in [5.74, 6) is 1.20. The Morgan fingerprint density at radius 1 is 1.48 bits per heavy atom. The van der Waals surface area contributed by atoms with Crippen LogP contribution in [0.4, 0.5) is 0 Å². The van der Waals surface area contributed by atoms with Gasteiger partial charge in [-0.3, -0.25) is 9.59 Å². The highest BCUT2D eigenvalue weighted by atomic mass is 32.2. The fourth-order valence-corrected chi connectivity index (χ4v) is 4.35. The third kappa shape index (κ3) is 5.71. The average Bonchev–Trinajstić information content (AvgIpc) is 2.98. The molecule has 1 atom stereocenters. The Hall–Kier alpha value is -1.01. The summed E-state index contributed by atoms with van der Waals surface area (Å²) in [6.45, 7) is 1.55. The van der Waals surface area contributed by atoms with Crippen molar-refractivity contribution in [2.24, 2.45) is 5.92 Å². The first-order valence-electron chi connectivity index (χ1n) is 7.25. The van der Waals surface area contributed by atoms with Gasteiger partial charge in [0.2, 0.25) is 5.91 Å². The first-order chi connectivity index (χ1) is 10.1. The molecule has 1 fully saturated rings. The third-order valence-electron chi connectivity index (χ3n) is 3.69. The van der Waals surface area contributed by atoms with Gasteiger partial charge in [0.1, 0.15) is 0 Å². The standard InChI is InChI=1S/C15H21NO3S2/c17-14(11-20-10-13-4-2-8-21-13)16-7-1-3-12(9-16)5-6-15(18)19/h2,4,8,12H,1,3,5-7,9-11H2,(H,18,19). The highest BCUT2D eigenvalue weighted by molar-refractivity contribution is 7.99. The SMILES string of the molecule is O=C(O)CCC1CCCN(C(=O)CSCc2cccs2)C1. The van der Waals surface area contributed by atoms with Crippen LogP contribution in [0.25, 0.3) is 0 Å². The molecule has 0 radical (unpaired) electrons. The first-order valence-corrected chi connectivity index (χ1v) is 9.28. The Kier molecular flexibility index (Phi) is 6.57. The van der Waals surface area contributed by atoms with Gasteiger partial charge < -0.3 is 10.0 Å². The number of carbonyl (C=O) groups excluding carboxylic acids is 1. The molecule has 1 saturated heterocycles. The molecule has 1 aromatic rings. The number of hydrogen-bond donors (Lipinski definition) is 1. The Morgan fingerprint density at radius 3 is 3.05 bits per heavy atom. The molecule has 1 aliphatic heterocycles. The zero-order chi connectivity index (χ0) is 15.1. The summed E-state index contributed by atoms with van der Waals surface area (Å²) in [6.07, 6.45) is 2.92. The lowest BCUT2D eigenvalue weighted by Gasteiger charge is -2.32. The van der Waals surface area contributed by atoms with Gasteiger partial charge in [0, 0.05) is 30.1 Å². The van der Waals surface area contributed by atoms with Gasteiger partial charge >= 0.3 is 5.97 Å². The summed E-state index contributed by atoms with van der Waals surface area (Å²) in [7, 11) is 0. The van der Waals surface area contributed by atoms with Crippen molar-refractivity contribution in [3.8, 4) is 0 Å². The number of rotatable bonds is 7. The number of aliphatic carboxylic acids is 1. The van der Waals surface area contributed by atoms with E-state index in [1.54, 1.807) is 23.1 Å². The van der Waals surface area contributed by atoms with E-state index in [4.69, 9.17) is 5.11 Å². The van der Waals surface area contributed by atoms with Crippen LogP contribution < -0.4 is 0 Å². The van der Waals surface area contributed by atoms with Crippen LogP contribution in [-0.4, -0.2) is 40.7 Å². The molecule has 0 bridgehead atoms. The molecule has 0 aromatic carbocycles. The van der Waals surface area contributed by atoms with E-state index in [0.717, 1.165) is 31.7 Å². The van der Waals surface area contributed by atoms with Crippen molar-refractivity contribution in [3.05, 3.63) is 22.4 Å². The van der Waals surface area contributed by atoms with Crippen molar-refractivity contribution in [3.63, 3.8) is 0 Å². The van der Waals surface area contributed by atoms with Crippen LogP contribution in [0.2, 0.25) is 0 Å². The molecule has 21 heavy (non-hydrogen) atoms. The molecule has 1 aliphatic rings. The fourth-order valence-electron chi connectivity index (χ4n) is 2.58. The average molecular weight is 327 g/mol. The molecule has 4 nitrogen and oxygen atoms in total. The number of piperidine rings is 1. The molecule has 1 amide bonds. The maximum atomic E-state index is 12.2. The van der Waals surface area contributed by atoms with Gasteiger partial charge in [-0.05, 0) is 36.6 Å². The molecular formula is C15H21NO3S2. The summed E-state index contributed by atoms with van der Waals surface area (Å²) in [4.78, 5) is 26.0. The molecule has 1 aromatic heterocycles. The highest BCUT2D eigenvalue weighted by Crippen LogP contribution is 2.23. The van der Waals surface area contributed by atoms with E-state index in [2.05, 4.69) is 11.4 Å². The molecule has 0 aliphatic carbocycles. The number of hydrogen-bond acceptors (Lipinski definition) is 4. The summed E-state index contributed by atoms with van der Waals surface area (Å²) in [5.41, 5.74) is 0. The summed E-state index contributed by atoms with van der Waals surface area (Å²) in [5, 5.41) is 10.8. The lowest BCUT2D eigenvalue weighted by atomic mass is 9.93. The van der Waals surface area contributed by atoms with Crippen molar-refractivity contribution in [2.75, 3.05) is 18.8 Å². The smallest absolute Gasteiger partial charge is 0.303 e. The number of amides is 1. The van der Waals surface area contributed by atoms with Crippen LogP contribution in [0, 0.1) is 5.92 Å². The van der Waals surface area contributed by atoms with E-state index in [1.807, 2.05) is 11.0 Å². The van der Waals surface area contributed by atoms with Crippen molar-refractivity contribution in [2.45, 2.75) is 31.4 Å². The number of thiophene rings is 1. The number of thioether (sulfide) groups is 1. The maximum absolute atomic E-state index is 12.2. The fraction of sp³-hybridized carbons (Fsp3) is 0.600.